The Balaban J connectivity index is 1.67. The van der Waals surface area contributed by atoms with Gasteiger partial charge in [0.05, 0.1) is 0 Å². The second kappa shape index (κ2) is 7.95. The Hall–Kier alpha value is -2.28. The van der Waals surface area contributed by atoms with Crippen molar-refractivity contribution in [1.82, 2.24) is 5.32 Å². The molecule has 0 spiro atoms. The summed E-state index contributed by atoms with van der Waals surface area (Å²) in [5, 5.41) is 2.94. The summed E-state index contributed by atoms with van der Waals surface area (Å²) in [5.74, 6) is 0.669. The highest BCUT2D eigenvalue weighted by atomic mass is 16.6. The third-order valence-corrected chi connectivity index (χ3v) is 4.75. The lowest BCUT2D eigenvalue weighted by Gasteiger charge is -2.23. The van der Waals surface area contributed by atoms with Crippen molar-refractivity contribution in [1.29, 1.82) is 0 Å². The zero-order chi connectivity index (χ0) is 18.7. The number of ether oxygens (including phenoxy) is 2. The molecule has 1 aromatic rings. The van der Waals surface area contributed by atoms with Crippen LogP contribution in [0.1, 0.15) is 26.7 Å². The fourth-order valence-corrected chi connectivity index (χ4v) is 3.46. The van der Waals surface area contributed by atoms with Crippen molar-refractivity contribution in [2.45, 2.75) is 32.7 Å². The molecule has 0 saturated carbocycles. The van der Waals surface area contributed by atoms with Gasteiger partial charge in [0, 0.05) is 30.9 Å². The van der Waals surface area contributed by atoms with Gasteiger partial charge in [-0.25, -0.2) is 0 Å². The van der Waals surface area contributed by atoms with Crippen LogP contribution in [-0.2, 0) is 9.59 Å². The highest BCUT2D eigenvalue weighted by Crippen LogP contribution is 2.36. The van der Waals surface area contributed by atoms with E-state index < -0.39 is 5.92 Å². The van der Waals surface area contributed by atoms with Crippen LogP contribution < -0.4 is 25.4 Å². The number of benzene rings is 1. The lowest BCUT2D eigenvalue weighted by Crippen LogP contribution is -2.45. The van der Waals surface area contributed by atoms with Crippen molar-refractivity contribution in [3.8, 4) is 11.5 Å². The van der Waals surface area contributed by atoms with E-state index in [1.165, 1.54) is 0 Å². The molecule has 0 aromatic heterocycles. The number of nitrogens with two attached hydrogens (primary N) is 1. The second-order valence-electron chi connectivity index (χ2n) is 7.23. The number of carbonyl (C=O) groups excluding carboxylic acids is 2. The van der Waals surface area contributed by atoms with Gasteiger partial charge in [-0.15, -0.1) is 0 Å². The molecule has 1 saturated heterocycles. The smallest absolute Gasteiger partial charge is 0.239 e. The number of anilines is 1. The number of fused-ring (bicyclic) bond motifs is 1. The molecule has 2 heterocycles. The summed E-state index contributed by atoms with van der Waals surface area (Å²) in [4.78, 5) is 27.0. The maximum atomic E-state index is 12.8. The maximum Gasteiger partial charge on any atom is 0.239 e. The molecule has 3 N–H and O–H groups in total. The Kier molecular flexibility index (Phi) is 5.66. The molecule has 1 fully saturated rings. The molecule has 7 heteroatoms. The number of hydrogen-bond donors (Lipinski definition) is 2. The topological polar surface area (TPSA) is 93.9 Å². The van der Waals surface area contributed by atoms with Crippen LogP contribution in [0.2, 0.25) is 0 Å². The molecule has 26 heavy (non-hydrogen) atoms. The van der Waals surface area contributed by atoms with Crippen LogP contribution in [0.4, 0.5) is 5.69 Å². The molecule has 7 nitrogen and oxygen atoms in total. The van der Waals surface area contributed by atoms with Gasteiger partial charge in [0.15, 0.2) is 11.5 Å². The Morgan fingerprint density at radius 1 is 1.31 bits per heavy atom. The quantitative estimate of drug-likeness (QED) is 0.745. The minimum absolute atomic E-state index is 0.0985. The number of amides is 2. The largest absolute Gasteiger partial charge is 0.486 e. The van der Waals surface area contributed by atoms with E-state index in [2.05, 4.69) is 19.2 Å². The van der Waals surface area contributed by atoms with Crippen LogP contribution in [0.3, 0.4) is 0 Å². The summed E-state index contributed by atoms with van der Waals surface area (Å²) < 4.78 is 11.1. The molecule has 3 rings (SSSR count). The number of nitrogens with one attached hydrogen (secondary N) is 1. The van der Waals surface area contributed by atoms with Gasteiger partial charge in [-0.3, -0.25) is 9.59 Å². The van der Waals surface area contributed by atoms with Gasteiger partial charge in [-0.2, -0.15) is 0 Å². The first-order chi connectivity index (χ1) is 12.5. The normalized spacial score (nSPS) is 20.4. The van der Waals surface area contributed by atoms with Crippen molar-refractivity contribution in [3.63, 3.8) is 0 Å². The molecular weight excluding hydrogens is 334 g/mol. The summed E-state index contributed by atoms with van der Waals surface area (Å²) in [6.45, 7) is 6.06. The highest BCUT2D eigenvalue weighted by molar-refractivity contribution is 6.09. The van der Waals surface area contributed by atoms with E-state index >= 15 is 0 Å². The summed E-state index contributed by atoms with van der Waals surface area (Å²) in [7, 11) is 0. The van der Waals surface area contributed by atoms with Gasteiger partial charge in [-0.05, 0) is 30.9 Å². The summed E-state index contributed by atoms with van der Waals surface area (Å²) in [6, 6.07) is 5.33. The zero-order valence-corrected chi connectivity index (χ0v) is 15.4. The Labute approximate surface area is 153 Å². The third-order valence-electron chi connectivity index (χ3n) is 4.75. The Morgan fingerprint density at radius 2 is 2.04 bits per heavy atom. The number of nitrogens with zero attached hydrogens (tertiary/aromatic N) is 1. The first-order valence-electron chi connectivity index (χ1n) is 9.21. The first-order valence-corrected chi connectivity index (χ1v) is 9.21. The van der Waals surface area contributed by atoms with Crippen LogP contribution >= 0.6 is 0 Å². The van der Waals surface area contributed by atoms with Crippen LogP contribution in [-0.4, -0.2) is 44.2 Å². The molecular formula is C19H27N3O4. The lowest BCUT2D eigenvalue weighted by molar-refractivity contribution is -0.132. The molecule has 0 aliphatic carbocycles. The van der Waals surface area contributed by atoms with E-state index in [1.807, 2.05) is 6.07 Å². The van der Waals surface area contributed by atoms with E-state index in [0.717, 1.165) is 12.1 Å². The first kappa shape index (κ1) is 18.5. The zero-order valence-electron chi connectivity index (χ0n) is 15.4. The summed E-state index contributed by atoms with van der Waals surface area (Å²) in [6.07, 6.45) is 1.30. The van der Waals surface area contributed by atoms with Gasteiger partial charge in [0.1, 0.15) is 19.1 Å². The third kappa shape index (κ3) is 3.93. The van der Waals surface area contributed by atoms with E-state index in [4.69, 9.17) is 15.2 Å². The van der Waals surface area contributed by atoms with Crippen molar-refractivity contribution in [2.24, 2.45) is 17.6 Å². The van der Waals surface area contributed by atoms with Gasteiger partial charge >= 0.3 is 0 Å². The molecule has 2 aliphatic rings. The van der Waals surface area contributed by atoms with Crippen LogP contribution in [0.5, 0.6) is 11.5 Å². The highest BCUT2D eigenvalue weighted by Gasteiger charge is 2.38. The average Bonchev–Trinajstić information content (AvgIpc) is 3.01. The minimum Gasteiger partial charge on any atom is -0.486 e. The van der Waals surface area contributed by atoms with Gasteiger partial charge in [0.2, 0.25) is 11.8 Å². The maximum absolute atomic E-state index is 12.8. The van der Waals surface area contributed by atoms with Crippen molar-refractivity contribution in [3.05, 3.63) is 18.2 Å². The van der Waals surface area contributed by atoms with E-state index in [9.17, 15) is 9.59 Å². The Morgan fingerprint density at radius 3 is 2.73 bits per heavy atom. The SMILES string of the molecule is CC(C)CC(CN)NC(=O)C1CCN(c2ccc3c(c2)OCCO3)C1=O. The number of hydrogen-bond acceptors (Lipinski definition) is 5. The van der Waals surface area contributed by atoms with Crippen LogP contribution in [0.25, 0.3) is 0 Å². The number of carbonyl (C=O) groups is 2. The van der Waals surface area contributed by atoms with Gasteiger partial charge < -0.3 is 25.4 Å². The van der Waals surface area contributed by atoms with Crippen molar-refractivity contribution in [2.75, 3.05) is 31.2 Å². The van der Waals surface area contributed by atoms with Crippen molar-refractivity contribution < 1.29 is 19.1 Å². The predicted molar refractivity (Wildman–Crippen MR) is 98.3 cm³/mol. The lowest BCUT2D eigenvalue weighted by atomic mass is 10.0. The molecule has 0 bridgehead atoms. The molecule has 2 atom stereocenters. The molecule has 2 unspecified atom stereocenters. The van der Waals surface area contributed by atoms with Crippen LogP contribution in [0.15, 0.2) is 18.2 Å². The molecule has 0 radical (unpaired) electrons. The van der Waals surface area contributed by atoms with Gasteiger partial charge in [0.25, 0.3) is 0 Å². The fraction of sp³-hybridized carbons (Fsp3) is 0.579. The predicted octanol–water partition coefficient (Wildman–Crippen LogP) is 1.30. The molecule has 2 amide bonds. The van der Waals surface area contributed by atoms with E-state index in [1.54, 1.807) is 17.0 Å². The fourth-order valence-electron chi connectivity index (χ4n) is 3.46. The standard InChI is InChI=1S/C19H27N3O4/c1-12(2)9-13(11-20)21-18(23)15-5-6-22(19(15)24)14-3-4-16-17(10-14)26-8-7-25-16/h3-4,10,12-13,15H,5-9,11,20H2,1-2H3,(H,21,23). The summed E-state index contributed by atoms with van der Waals surface area (Å²) in [5.41, 5.74) is 6.48. The molecule has 142 valence electrons. The molecule has 2 aliphatic heterocycles. The van der Waals surface area contributed by atoms with Gasteiger partial charge in [-0.1, -0.05) is 13.8 Å². The Bertz CT molecular complexity index is 677. The van der Waals surface area contributed by atoms with E-state index in [0.29, 0.717) is 50.1 Å². The monoisotopic (exact) mass is 361 g/mol. The average molecular weight is 361 g/mol. The molecule has 1 aromatic carbocycles. The second-order valence-corrected chi connectivity index (χ2v) is 7.23. The number of rotatable bonds is 6. The van der Waals surface area contributed by atoms with Crippen molar-refractivity contribution >= 4 is 17.5 Å². The summed E-state index contributed by atoms with van der Waals surface area (Å²) >= 11 is 0. The minimum atomic E-state index is -0.663. The van der Waals surface area contributed by atoms with Crippen LogP contribution in [0, 0.1) is 11.8 Å². The van der Waals surface area contributed by atoms with E-state index in [-0.39, 0.29) is 17.9 Å².